The molecule has 0 radical (unpaired) electrons. The topological polar surface area (TPSA) is 104 Å². The van der Waals surface area contributed by atoms with Crippen LogP contribution in [-0.2, 0) is 22.6 Å². The molecule has 2 aromatic heterocycles. The summed E-state index contributed by atoms with van der Waals surface area (Å²) in [6.45, 7) is 6.93. The molecule has 0 saturated carbocycles. The third-order valence-corrected chi connectivity index (χ3v) is 6.45. The standard InChI is InChI=1S/C22H25FN4O4S/c1-13(2)11-32(29,30)12-18-24-20(16-9-15(4)21(28)27(5)10-16)26-22(25-18)31-19-14(3)7-6-8-17(19)23/h6-10,13H,11-12H2,1-5H3. The molecule has 10 heteroatoms. The van der Waals surface area contributed by atoms with Crippen LogP contribution in [0, 0.1) is 25.6 Å². The number of hydrogen-bond acceptors (Lipinski definition) is 7. The molecule has 0 aliphatic heterocycles. The SMILES string of the molecule is Cc1cccc(F)c1Oc1nc(CS(=O)(=O)CC(C)C)nc(-c2cc(C)c(=O)n(C)c2)n1. The number of halogens is 1. The van der Waals surface area contributed by atoms with Gasteiger partial charge in [-0.1, -0.05) is 26.0 Å². The first-order chi connectivity index (χ1) is 14.9. The Hall–Kier alpha value is -3.14. The number of hydrogen-bond donors (Lipinski definition) is 0. The number of pyridine rings is 1. The van der Waals surface area contributed by atoms with Crippen molar-refractivity contribution < 1.29 is 17.5 Å². The van der Waals surface area contributed by atoms with E-state index in [-0.39, 0.29) is 40.6 Å². The van der Waals surface area contributed by atoms with Crippen molar-refractivity contribution in [2.45, 2.75) is 33.4 Å². The summed E-state index contributed by atoms with van der Waals surface area (Å²) in [5.74, 6) is -1.07. The van der Waals surface area contributed by atoms with Crippen LogP contribution < -0.4 is 10.3 Å². The van der Waals surface area contributed by atoms with Crippen molar-refractivity contribution >= 4 is 9.84 Å². The maximum Gasteiger partial charge on any atom is 0.325 e. The minimum absolute atomic E-state index is 0.0221. The van der Waals surface area contributed by atoms with Gasteiger partial charge in [0, 0.05) is 24.4 Å². The quantitative estimate of drug-likeness (QED) is 0.532. The van der Waals surface area contributed by atoms with Gasteiger partial charge in [-0.25, -0.2) is 17.8 Å². The number of sulfone groups is 1. The second-order valence-corrected chi connectivity index (χ2v) is 10.2. The summed E-state index contributed by atoms with van der Waals surface area (Å²) in [6, 6.07) is 5.83. The molecule has 170 valence electrons. The van der Waals surface area contributed by atoms with E-state index in [4.69, 9.17) is 4.74 Å². The lowest BCUT2D eigenvalue weighted by molar-refractivity contribution is 0.405. The fourth-order valence-corrected chi connectivity index (χ4v) is 4.89. The van der Waals surface area contributed by atoms with Gasteiger partial charge in [0.15, 0.2) is 33.1 Å². The van der Waals surface area contributed by atoms with Gasteiger partial charge in [0.25, 0.3) is 5.56 Å². The molecule has 0 unspecified atom stereocenters. The normalized spacial score (nSPS) is 11.7. The maximum absolute atomic E-state index is 14.3. The highest BCUT2D eigenvalue weighted by Crippen LogP contribution is 2.27. The molecule has 0 fully saturated rings. The van der Waals surface area contributed by atoms with Crippen molar-refractivity contribution in [1.82, 2.24) is 19.5 Å². The molecule has 0 aliphatic carbocycles. The highest BCUT2D eigenvalue weighted by atomic mass is 32.2. The van der Waals surface area contributed by atoms with Crippen molar-refractivity contribution in [3.05, 3.63) is 63.6 Å². The maximum atomic E-state index is 14.3. The van der Waals surface area contributed by atoms with E-state index in [1.54, 1.807) is 52.9 Å². The summed E-state index contributed by atoms with van der Waals surface area (Å²) in [6.07, 6.45) is 1.54. The molecule has 3 rings (SSSR count). The molecule has 0 aliphatic rings. The highest BCUT2D eigenvalue weighted by Gasteiger charge is 2.20. The molecule has 0 amide bonds. The molecular formula is C22H25FN4O4S. The highest BCUT2D eigenvalue weighted by molar-refractivity contribution is 7.90. The molecule has 0 bridgehead atoms. The summed E-state index contributed by atoms with van der Waals surface area (Å²) in [5, 5.41) is 0. The van der Waals surface area contributed by atoms with Gasteiger partial charge in [0.05, 0.1) is 5.75 Å². The Morgan fingerprint density at radius 2 is 1.84 bits per heavy atom. The van der Waals surface area contributed by atoms with E-state index in [1.807, 2.05) is 0 Å². The van der Waals surface area contributed by atoms with E-state index in [9.17, 15) is 17.6 Å². The Balaban J connectivity index is 2.12. The second kappa shape index (κ2) is 9.15. The minimum atomic E-state index is -3.50. The summed E-state index contributed by atoms with van der Waals surface area (Å²) >= 11 is 0. The molecule has 8 nitrogen and oxygen atoms in total. The lowest BCUT2D eigenvalue weighted by atomic mass is 10.2. The van der Waals surface area contributed by atoms with Crippen LogP contribution in [0.25, 0.3) is 11.4 Å². The van der Waals surface area contributed by atoms with E-state index < -0.39 is 21.4 Å². The van der Waals surface area contributed by atoms with Crippen molar-refractivity contribution in [1.29, 1.82) is 0 Å². The molecule has 2 heterocycles. The molecule has 0 saturated heterocycles. The Bertz CT molecular complexity index is 1270. The van der Waals surface area contributed by atoms with Gasteiger partial charge >= 0.3 is 6.01 Å². The number of para-hydroxylation sites is 1. The lowest BCUT2D eigenvalue weighted by Crippen LogP contribution is -2.19. The molecular weight excluding hydrogens is 435 g/mol. The molecule has 0 spiro atoms. The van der Waals surface area contributed by atoms with Gasteiger partial charge < -0.3 is 9.30 Å². The fraction of sp³-hybridized carbons (Fsp3) is 0.364. The van der Waals surface area contributed by atoms with Crippen LogP contribution in [0.15, 0.2) is 35.3 Å². The summed E-state index contributed by atoms with van der Waals surface area (Å²) in [7, 11) is -1.91. The van der Waals surface area contributed by atoms with Crippen LogP contribution in [0.2, 0.25) is 0 Å². The van der Waals surface area contributed by atoms with E-state index in [1.165, 1.54) is 16.8 Å². The van der Waals surface area contributed by atoms with Crippen molar-refractivity contribution in [2.24, 2.45) is 13.0 Å². The minimum Gasteiger partial charge on any atom is -0.421 e. The number of nitrogens with zero attached hydrogens (tertiary/aromatic N) is 4. The Morgan fingerprint density at radius 1 is 1.12 bits per heavy atom. The number of aryl methyl sites for hydroxylation is 3. The van der Waals surface area contributed by atoms with E-state index in [0.717, 1.165) is 0 Å². The first-order valence-corrected chi connectivity index (χ1v) is 11.8. The first-order valence-electron chi connectivity index (χ1n) is 10.0. The van der Waals surface area contributed by atoms with Gasteiger partial charge in [-0.15, -0.1) is 0 Å². The van der Waals surface area contributed by atoms with Gasteiger partial charge in [-0.3, -0.25) is 4.79 Å². The Morgan fingerprint density at radius 3 is 2.47 bits per heavy atom. The van der Waals surface area contributed by atoms with Crippen LogP contribution in [0.1, 0.15) is 30.8 Å². The van der Waals surface area contributed by atoms with Crippen molar-refractivity contribution in [3.63, 3.8) is 0 Å². The van der Waals surface area contributed by atoms with E-state index in [0.29, 0.717) is 16.7 Å². The summed E-state index contributed by atoms with van der Waals surface area (Å²) in [5.41, 5.74) is 1.29. The average Bonchev–Trinajstić information content (AvgIpc) is 2.67. The predicted octanol–water partition coefficient (Wildman–Crippen LogP) is 3.36. The van der Waals surface area contributed by atoms with Gasteiger partial charge in [0.1, 0.15) is 5.75 Å². The number of ether oxygens (including phenoxy) is 1. The Labute approximate surface area is 186 Å². The fourth-order valence-electron chi connectivity index (χ4n) is 3.24. The predicted molar refractivity (Wildman–Crippen MR) is 119 cm³/mol. The first kappa shape index (κ1) is 23.5. The van der Waals surface area contributed by atoms with E-state index >= 15 is 0 Å². The van der Waals surface area contributed by atoms with Crippen LogP contribution in [0.4, 0.5) is 4.39 Å². The van der Waals surface area contributed by atoms with Gasteiger partial charge in [-0.2, -0.15) is 9.97 Å². The van der Waals surface area contributed by atoms with Crippen molar-refractivity contribution in [3.8, 4) is 23.1 Å². The third-order valence-electron chi connectivity index (χ3n) is 4.58. The van der Waals surface area contributed by atoms with Gasteiger partial charge in [0.2, 0.25) is 0 Å². The molecule has 0 atom stereocenters. The lowest BCUT2D eigenvalue weighted by Gasteiger charge is -2.12. The number of aromatic nitrogens is 4. The largest absolute Gasteiger partial charge is 0.421 e. The van der Waals surface area contributed by atoms with Crippen molar-refractivity contribution in [2.75, 3.05) is 5.75 Å². The zero-order valence-electron chi connectivity index (χ0n) is 18.6. The zero-order valence-corrected chi connectivity index (χ0v) is 19.4. The average molecular weight is 461 g/mol. The van der Waals surface area contributed by atoms with Crippen LogP contribution >= 0.6 is 0 Å². The smallest absolute Gasteiger partial charge is 0.325 e. The van der Waals surface area contributed by atoms with Crippen LogP contribution in [0.5, 0.6) is 11.8 Å². The monoisotopic (exact) mass is 460 g/mol. The van der Waals surface area contributed by atoms with E-state index in [2.05, 4.69) is 15.0 Å². The van der Waals surface area contributed by atoms with Gasteiger partial charge in [-0.05, 0) is 37.5 Å². The summed E-state index contributed by atoms with van der Waals surface area (Å²) < 4.78 is 46.4. The van der Waals surface area contributed by atoms with Crippen LogP contribution in [0.3, 0.4) is 0 Å². The number of benzene rings is 1. The Kier molecular flexibility index (Phi) is 6.73. The second-order valence-electron chi connectivity index (χ2n) is 8.12. The van der Waals surface area contributed by atoms with Crippen LogP contribution in [-0.4, -0.2) is 33.7 Å². The molecule has 1 aromatic carbocycles. The zero-order chi connectivity index (χ0) is 23.6. The third kappa shape index (κ3) is 5.56. The summed E-state index contributed by atoms with van der Waals surface area (Å²) in [4.78, 5) is 24.8. The molecule has 3 aromatic rings. The molecule has 32 heavy (non-hydrogen) atoms. The molecule has 0 N–H and O–H groups in total. The number of rotatable bonds is 7.